The minimum atomic E-state index is -0.261. The van der Waals surface area contributed by atoms with Gasteiger partial charge in [-0.05, 0) is 18.1 Å². The molecule has 2 aromatic rings. The molecule has 0 spiro atoms. The normalized spacial score (nSPS) is 10.3. The van der Waals surface area contributed by atoms with Crippen molar-refractivity contribution in [2.75, 3.05) is 7.11 Å². The zero-order chi connectivity index (χ0) is 13.0. The Kier molecular flexibility index (Phi) is 3.77. The van der Waals surface area contributed by atoms with Crippen LogP contribution in [0.5, 0.6) is 5.75 Å². The number of methoxy groups -OCH3 is 1. The molecule has 0 atom stereocenters. The lowest BCUT2D eigenvalue weighted by molar-refractivity contribution is 0.408. The van der Waals surface area contributed by atoms with E-state index in [-0.39, 0.29) is 11.3 Å². The van der Waals surface area contributed by atoms with Crippen molar-refractivity contribution in [3.8, 4) is 17.0 Å². The van der Waals surface area contributed by atoms with Crippen LogP contribution >= 0.6 is 0 Å². The zero-order valence-corrected chi connectivity index (χ0v) is 10.6. The van der Waals surface area contributed by atoms with Crippen molar-refractivity contribution in [1.82, 2.24) is 9.97 Å². The standard InChI is InChI=1S/C14H16N2O2/c1-3-5-10-6-4-7-11(8-10)12-13(18-2)14(17)16-9-15-12/h4,6-9H,3,5H2,1-2H3,(H,15,16,17). The van der Waals surface area contributed by atoms with Gasteiger partial charge in [0.1, 0.15) is 5.69 Å². The number of aromatic nitrogens is 2. The molecule has 0 aliphatic carbocycles. The fourth-order valence-corrected chi connectivity index (χ4v) is 1.94. The maximum atomic E-state index is 11.6. The van der Waals surface area contributed by atoms with E-state index >= 15 is 0 Å². The maximum absolute atomic E-state index is 11.6. The molecule has 1 N–H and O–H groups in total. The van der Waals surface area contributed by atoms with E-state index in [4.69, 9.17) is 4.74 Å². The molecule has 1 aromatic heterocycles. The largest absolute Gasteiger partial charge is 0.490 e. The molecule has 2 rings (SSSR count). The van der Waals surface area contributed by atoms with Gasteiger partial charge in [0.05, 0.1) is 13.4 Å². The van der Waals surface area contributed by atoms with Gasteiger partial charge in [0, 0.05) is 5.56 Å². The molecule has 0 fully saturated rings. The van der Waals surface area contributed by atoms with Gasteiger partial charge in [0.2, 0.25) is 5.75 Å². The molecular formula is C14H16N2O2. The summed E-state index contributed by atoms with van der Waals surface area (Å²) in [5, 5.41) is 0. The Morgan fingerprint density at radius 2 is 2.22 bits per heavy atom. The number of aromatic amines is 1. The Morgan fingerprint density at radius 1 is 1.39 bits per heavy atom. The number of benzene rings is 1. The number of rotatable bonds is 4. The predicted molar refractivity (Wildman–Crippen MR) is 70.8 cm³/mol. The number of nitrogens with one attached hydrogen (secondary N) is 1. The molecule has 0 amide bonds. The summed E-state index contributed by atoms with van der Waals surface area (Å²) in [7, 11) is 1.48. The van der Waals surface area contributed by atoms with Crippen LogP contribution in [-0.2, 0) is 6.42 Å². The average molecular weight is 244 g/mol. The SMILES string of the molecule is CCCc1cccc(-c2nc[nH]c(=O)c2OC)c1. The van der Waals surface area contributed by atoms with Crippen LogP contribution < -0.4 is 10.3 Å². The molecule has 0 radical (unpaired) electrons. The van der Waals surface area contributed by atoms with Gasteiger partial charge in [0.15, 0.2) is 0 Å². The van der Waals surface area contributed by atoms with Crippen molar-refractivity contribution in [3.05, 3.63) is 46.5 Å². The van der Waals surface area contributed by atoms with E-state index in [0.717, 1.165) is 18.4 Å². The summed E-state index contributed by atoms with van der Waals surface area (Å²) in [6, 6.07) is 8.03. The highest BCUT2D eigenvalue weighted by Crippen LogP contribution is 2.24. The van der Waals surface area contributed by atoms with Crippen LogP contribution in [0.3, 0.4) is 0 Å². The van der Waals surface area contributed by atoms with Crippen LogP contribution in [0.15, 0.2) is 35.4 Å². The molecule has 0 saturated carbocycles. The fraction of sp³-hybridized carbons (Fsp3) is 0.286. The molecule has 1 heterocycles. The van der Waals surface area contributed by atoms with Crippen molar-refractivity contribution in [2.24, 2.45) is 0 Å². The molecule has 0 unspecified atom stereocenters. The minimum absolute atomic E-state index is 0.256. The highest BCUT2D eigenvalue weighted by Gasteiger charge is 2.11. The van der Waals surface area contributed by atoms with E-state index in [0.29, 0.717) is 5.69 Å². The van der Waals surface area contributed by atoms with Gasteiger partial charge in [-0.25, -0.2) is 4.98 Å². The number of aryl methyl sites for hydroxylation is 1. The molecule has 0 aliphatic rings. The van der Waals surface area contributed by atoms with Crippen molar-refractivity contribution in [1.29, 1.82) is 0 Å². The smallest absolute Gasteiger partial charge is 0.293 e. The van der Waals surface area contributed by atoms with E-state index < -0.39 is 0 Å². The third-order valence-electron chi connectivity index (χ3n) is 2.75. The number of H-pyrrole nitrogens is 1. The molecule has 18 heavy (non-hydrogen) atoms. The summed E-state index contributed by atoms with van der Waals surface area (Å²) in [4.78, 5) is 18.3. The molecular weight excluding hydrogens is 228 g/mol. The van der Waals surface area contributed by atoms with Crippen LogP contribution in [0.1, 0.15) is 18.9 Å². The van der Waals surface area contributed by atoms with Gasteiger partial charge in [-0.2, -0.15) is 0 Å². The van der Waals surface area contributed by atoms with Crippen LogP contribution in [0.25, 0.3) is 11.3 Å². The predicted octanol–water partition coefficient (Wildman–Crippen LogP) is 2.40. The topological polar surface area (TPSA) is 55.0 Å². The van der Waals surface area contributed by atoms with Crippen molar-refractivity contribution in [3.63, 3.8) is 0 Å². The molecule has 4 heteroatoms. The molecule has 94 valence electrons. The highest BCUT2D eigenvalue weighted by molar-refractivity contribution is 5.66. The monoisotopic (exact) mass is 244 g/mol. The molecule has 0 saturated heterocycles. The van der Waals surface area contributed by atoms with Crippen molar-refractivity contribution in [2.45, 2.75) is 19.8 Å². The highest BCUT2D eigenvalue weighted by atomic mass is 16.5. The lowest BCUT2D eigenvalue weighted by atomic mass is 10.0. The van der Waals surface area contributed by atoms with E-state index in [9.17, 15) is 4.79 Å². The second-order valence-corrected chi connectivity index (χ2v) is 4.06. The minimum Gasteiger partial charge on any atom is -0.490 e. The summed E-state index contributed by atoms with van der Waals surface area (Å²) in [5.74, 6) is 0.256. The average Bonchev–Trinajstić information content (AvgIpc) is 2.39. The summed E-state index contributed by atoms with van der Waals surface area (Å²) >= 11 is 0. The summed E-state index contributed by atoms with van der Waals surface area (Å²) in [6.07, 6.45) is 3.50. The second-order valence-electron chi connectivity index (χ2n) is 4.06. The Labute approximate surface area is 106 Å². The zero-order valence-electron chi connectivity index (χ0n) is 10.6. The Bertz CT molecular complexity index is 590. The molecule has 0 bridgehead atoms. The Morgan fingerprint density at radius 3 is 2.94 bits per heavy atom. The van der Waals surface area contributed by atoms with Crippen LogP contribution in [-0.4, -0.2) is 17.1 Å². The van der Waals surface area contributed by atoms with Gasteiger partial charge in [-0.15, -0.1) is 0 Å². The number of nitrogens with zero attached hydrogens (tertiary/aromatic N) is 1. The van der Waals surface area contributed by atoms with Gasteiger partial charge in [-0.3, -0.25) is 4.79 Å². The second kappa shape index (κ2) is 5.49. The van der Waals surface area contributed by atoms with Gasteiger partial charge in [0.25, 0.3) is 5.56 Å². The Hall–Kier alpha value is -2.10. The number of hydrogen-bond acceptors (Lipinski definition) is 3. The van der Waals surface area contributed by atoms with E-state index in [2.05, 4.69) is 23.0 Å². The Balaban J connectivity index is 2.51. The maximum Gasteiger partial charge on any atom is 0.293 e. The first-order chi connectivity index (χ1) is 8.76. The van der Waals surface area contributed by atoms with E-state index in [1.165, 1.54) is 19.0 Å². The third kappa shape index (κ3) is 2.42. The molecule has 1 aromatic carbocycles. The van der Waals surface area contributed by atoms with E-state index in [1.54, 1.807) is 0 Å². The fourth-order valence-electron chi connectivity index (χ4n) is 1.94. The summed E-state index contributed by atoms with van der Waals surface area (Å²) in [6.45, 7) is 2.14. The van der Waals surface area contributed by atoms with Crippen LogP contribution in [0.4, 0.5) is 0 Å². The third-order valence-corrected chi connectivity index (χ3v) is 2.75. The molecule has 4 nitrogen and oxygen atoms in total. The lowest BCUT2D eigenvalue weighted by Gasteiger charge is -2.07. The van der Waals surface area contributed by atoms with Crippen LogP contribution in [0.2, 0.25) is 0 Å². The summed E-state index contributed by atoms with van der Waals surface area (Å²) < 4.78 is 5.12. The van der Waals surface area contributed by atoms with Crippen molar-refractivity contribution < 1.29 is 4.74 Å². The molecule has 0 aliphatic heterocycles. The van der Waals surface area contributed by atoms with Gasteiger partial charge < -0.3 is 9.72 Å². The van der Waals surface area contributed by atoms with E-state index in [1.807, 2.05) is 18.2 Å². The quantitative estimate of drug-likeness (QED) is 0.898. The first kappa shape index (κ1) is 12.4. The first-order valence-electron chi connectivity index (χ1n) is 5.97. The van der Waals surface area contributed by atoms with Gasteiger partial charge >= 0.3 is 0 Å². The van der Waals surface area contributed by atoms with Crippen LogP contribution in [0, 0.1) is 0 Å². The first-order valence-corrected chi connectivity index (χ1v) is 5.97. The number of ether oxygens (including phenoxy) is 1. The summed E-state index contributed by atoms with van der Waals surface area (Å²) in [5.41, 5.74) is 2.46. The number of hydrogen-bond donors (Lipinski definition) is 1. The lowest BCUT2D eigenvalue weighted by Crippen LogP contribution is -2.11. The van der Waals surface area contributed by atoms with Crippen molar-refractivity contribution >= 4 is 0 Å². The van der Waals surface area contributed by atoms with Gasteiger partial charge in [-0.1, -0.05) is 31.5 Å².